The van der Waals surface area contributed by atoms with Crippen LogP contribution in [0.3, 0.4) is 0 Å². The second-order valence-electron chi connectivity index (χ2n) is 6.93. The Morgan fingerprint density at radius 2 is 1.97 bits per heavy atom. The molecule has 1 amide bonds. The minimum Gasteiger partial charge on any atom is -0.489 e. The van der Waals surface area contributed by atoms with Gasteiger partial charge in [0.2, 0.25) is 0 Å². The molecule has 1 fully saturated rings. The fourth-order valence-corrected chi connectivity index (χ4v) is 3.87. The van der Waals surface area contributed by atoms with Crippen LogP contribution in [0, 0.1) is 6.92 Å². The number of aromatic nitrogens is 1. The van der Waals surface area contributed by atoms with E-state index >= 15 is 0 Å². The smallest absolute Gasteiger partial charge is 0.266 e. The predicted octanol–water partition coefficient (Wildman–Crippen LogP) is 5.20. The van der Waals surface area contributed by atoms with Gasteiger partial charge in [0.25, 0.3) is 5.91 Å². The molecule has 0 radical (unpaired) electrons. The van der Waals surface area contributed by atoms with Crippen molar-refractivity contribution in [3.8, 4) is 5.75 Å². The number of nitrogens with zero attached hydrogens (tertiary/aromatic N) is 3. The molecule has 150 valence electrons. The first-order valence-electron chi connectivity index (χ1n) is 9.53. The van der Waals surface area contributed by atoms with E-state index in [2.05, 4.69) is 41.2 Å². The van der Waals surface area contributed by atoms with E-state index in [9.17, 15) is 4.79 Å². The Labute approximate surface area is 180 Å². The van der Waals surface area contributed by atoms with Gasteiger partial charge in [-0.05, 0) is 60.2 Å². The van der Waals surface area contributed by atoms with Gasteiger partial charge in [-0.2, -0.15) is 0 Å². The molecule has 1 aliphatic rings. The van der Waals surface area contributed by atoms with Gasteiger partial charge < -0.3 is 4.74 Å². The van der Waals surface area contributed by atoms with E-state index in [-0.39, 0.29) is 5.91 Å². The number of carbonyl (C=O) groups is 1. The minimum absolute atomic E-state index is 0.0754. The SMILES string of the molecule is Cc1ccc(COc2cccc(/C=C3\SC(=Nc4cccnc4)N(C)C3=O)c2)cc1. The molecule has 6 heteroatoms. The van der Waals surface area contributed by atoms with Gasteiger partial charge in [0.15, 0.2) is 5.17 Å². The van der Waals surface area contributed by atoms with Crippen molar-refractivity contribution in [2.45, 2.75) is 13.5 Å². The zero-order valence-electron chi connectivity index (χ0n) is 16.8. The van der Waals surface area contributed by atoms with Crippen molar-refractivity contribution < 1.29 is 9.53 Å². The summed E-state index contributed by atoms with van der Waals surface area (Å²) in [5.41, 5.74) is 3.96. The molecule has 1 aromatic heterocycles. The van der Waals surface area contributed by atoms with Crippen molar-refractivity contribution >= 4 is 34.6 Å². The van der Waals surface area contributed by atoms with Crippen LogP contribution in [0.5, 0.6) is 5.75 Å². The van der Waals surface area contributed by atoms with Crippen LogP contribution in [-0.2, 0) is 11.4 Å². The van der Waals surface area contributed by atoms with Crippen molar-refractivity contribution in [3.05, 3.63) is 94.7 Å². The number of benzene rings is 2. The molecule has 1 saturated heterocycles. The van der Waals surface area contributed by atoms with E-state index in [0.29, 0.717) is 22.4 Å². The molecule has 0 aliphatic carbocycles. The minimum atomic E-state index is -0.0754. The lowest BCUT2D eigenvalue weighted by atomic mass is 10.1. The topological polar surface area (TPSA) is 54.8 Å². The third-order valence-corrected chi connectivity index (χ3v) is 5.62. The maximum Gasteiger partial charge on any atom is 0.266 e. The highest BCUT2D eigenvalue weighted by Crippen LogP contribution is 2.33. The summed E-state index contributed by atoms with van der Waals surface area (Å²) in [6.07, 6.45) is 5.23. The molecule has 30 heavy (non-hydrogen) atoms. The van der Waals surface area contributed by atoms with Gasteiger partial charge in [0.1, 0.15) is 12.4 Å². The number of aliphatic imine (C=N–C) groups is 1. The quantitative estimate of drug-likeness (QED) is 0.537. The Morgan fingerprint density at radius 1 is 1.13 bits per heavy atom. The lowest BCUT2D eigenvalue weighted by molar-refractivity contribution is -0.121. The van der Waals surface area contributed by atoms with Crippen LogP contribution in [-0.4, -0.2) is 28.0 Å². The average molecular weight is 416 g/mol. The number of pyridine rings is 1. The largest absolute Gasteiger partial charge is 0.489 e. The monoisotopic (exact) mass is 415 g/mol. The molecule has 0 N–H and O–H groups in total. The van der Waals surface area contributed by atoms with Crippen LogP contribution in [0.25, 0.3) is 6.08 Å². The Bertz CT molecular complexity index is 1110. The van der Waals surface area contributed by atoms with Crippen LogP contribution < -0.4 is 4.74 Å². The van der Waals surface area contributed by atoms with Crippen LogP contribution in [0.1, 0.15) is 16.7 Å². The molecule has 0 atom stereocenters. The highest BCUT2D eigenvalue weighted by atomic mass is 32.2. The van der Waals surface area contributed by atoms with Crippen LogP contribution >= 0.6 is 11.8 Å². The van der Waals surface area contributed by atoms with Crippen molar-refractivity contribution in [2.75, 3.05) is 7.05 Å². The van der Waals surface area contributed by atoms with E-state index < -0.39 is 0 Å². The van der Waals surface area contributed by atoms with Crippen molar-refractivity contribution in [1.82, 2.24) is 9.88 Å². The molecule has 2 aromatic carbocycles. The highest BCUT2D eigenvalue weighted by Gasteiger charge is 2.30. The standard InChI is InChI=1S/C24H21N3O2S/c1-17-8-10-18(11-9-17)16-29-21-7-3-5-19(13-21)14-22-23(28)27(2)24(30-22)26-20-6-4-12-25-15-20/h3-15H,16H2,1-2H3/b22-14-,26-24?. The molecule has 3 aromatic rings. The molecule has 0 saturated carbocycles. The first-order chi connectivity index (χ1) is 14.6. The molecule has 0 spiro atoms. The second kappa shape index (κ2) is 8.97. The van der Waals surface area contributed by atoms with Crippen LogP contribution in [0.2, 0.25) is 0 Å². The molecule has 0 bridgehead atoms. The van der Waals surface area contributed by atoms with Crippen molar-refractivity contribution in [3.63, 3.8) is 0 Å². The Balaban J connectivity index is 1.49. The van der Waals surface area contributed by atoms with E-state index in [1.807, 2.05) is 42.5 Å². The summed E-state index contributed by atoms with van der Waals surface area (Å²) >= 11 is 1.35. The number of amidine groups is 1. The zero-order valence-corrected chi connectivity index (χ0v) is 17.6. The highest BCUT2D eigenvalue weighted by molar-refractivity contribution is 8.18. The van der Waals surface area contributed by atoms with Gasteiger partial charge in [0, 0.05) is 13.2 Å². The second-order valence-corrected chi connectivity index (χ2v) is 7.94. The van der Waals surface area contributed by atoms with Crippen LogP contribution in [0.4, 0.5) is 5.69 Å². The molecular weight excluding hydrogens is 394 g/mol. The fourth-order valence-electron chi connectivity index (χ4n) is 2.88. The Morgan fingerprint density at radius 3 is 2.73 bits per heavy atom. The number of rotatable bonds is 5. The summed E-state index contributed by atoms with van der Waals surface area (Å²) in [6.45, 7) is 2.56. The van der Waals surface area contributed by atoms with Gasteiger partial charge in [0.05, 0.1) is 16.8 Å². The summed E-state index contributed by atoms with van der Waals surface area (Å²) in [7, 11) is 1.73. The number of hydrogen-bond acceptors (Lipinski definition) is 5. The number of carbonyl (C=O) groups excluding carboxylic acids is 1. The Kier molecular flexibility index (Phi) is 5.95. The fraction of sp³-hybridized carbons (Fsp3) is 0.125. The lowest BCUT2D eigenvalue weighted by Crippen LogP contribution is -2.23. The number of likely N-dealkylation sites (N-methyl/N-ethyl adjacent to an activating group) is 1. The first kappa shape index (κ1) is 19.9. The first-order valence-corrected chi connectivity index (χ1v) is 10.3. The summed E-state index contributed by atoms with van der Waals surface area (Å²) in [5.74, 6) is 0.687. The number of ether oxygens (including phenoxy) is 1. The van der Waals surface area contributed by atoms with Gasteiger partial charge in [-0.15, -0.1) is 0 Å². The Hall–Kier alpha value is -3.38. The zero-order chi connectivity index (χ0) is 20.9. The molecule has 5 nitrogen and oxygen atoms in total. The van der Waals surface area contributed by atoms with E-state index in [0.717, 1.165) is 16.9 Å². The van der Waals surface area contributed by atoms with Crippen LogP contribution in [0.15, 0.2) is 83.0 Å². The molecule has 0 unspecified atom stereocenters. The average Bonchev–Trinajstić information content (AvgIpc) is 3.02. The number of thioether (sulfide) groups is 1. The van der Waals surface area contributed by atoms with E-state index in [1.54, 1.807) is 24.3 Å². The molecular formula is C24H21N3O2S. The van der Waals surface area contributed by atoms with Gasteiger partial charge >= 0.3 is 0 Å². The van der Waals surface area contributed by atoms with Gasteiger partial charge in [-0.25, -0.2) is 4.99 Å². The maximum absolute atomic E-state index is 12.6. The van der Waals surface area contributed by atoms with Gasteiger partial charge in [-0.1, -0.05) is 42.0 Å². The molecule has 1 aliphatic heterocycles. The van der Waals surface area contributed by atoms with Crippen molar-refractivity contribution in [2.24, 2.45) is 4.99 Å². The summed E-state index contributed by atoms with van der Waals surface area (Å²) in [4.78, 5) is 23.4. The normalized spacial score (nSPS) is 16.5. The number of aryl methyl sites for hydroxylation is 1. The predicted molar refractivity (Wildman–Crippen MR) is 122 cm³/mol. The molecule has 4 rings (SSSR count). The number of hydrogen-bond donors (Lipinski definition) is 0. The number of amides is 1. The summed E-state index contributed by atoms with van der Waals surface area (Å²) in [5, 5.41) is 0.631. The van der Waals surface area contributed by atoms with E-state index in [4.69, 9.17) is 4.74 Å². The lowest BCUT2D eigenvalue weighted by Gasteiger charge is -2.08. The van der Waals surface area contributed by atoms with Crippen molar-refractivity contribution in [1.29, 1.82) is 0 Å². The summed E-state index contributed by atoms with van der Waals surface area (Å²) < 4.78 is 5.92. The molecule has 2 heterocycles. The van der Waals surface area contributed by atoms with E-state index in [1.165, 1.54) is 17.3 Å². The third kappa shape index (κ3) is 4.78. The van der Waals surface area contributed by atoms with Gasteiger partial charge in [-0.3, -0.25) is 14.7 Å². The maximum atomic E-state index is 12.6. The third-order valence-electron chi connectivity index (χ3n) is 4.56. The summed E-state index contributed by atoms with van der Waals surface area (Å²) in [6, 6.07) is 19.7.